The molecular weight excluding hydrogens is 520 g/mol. The van der Waals surface area contributed by atoms with Crippen LogP contribution in [0.5, 0.6) is 5.88 Å². The predicted molar refractivity (Wildman–Crippen MR) is 154 cm³/mol. The maximum Gasteiger partial charge on any atom is 0.342 e. The van der Waals surface area contributed by atoms with Gasteiger partial charge < -0.3 is 19.3 Å². The number of carbonyl (C=O) groups is 1. The molecule has 2 aliphatic heterocycles. The summed E-state index contributed by atoms with van der Waals surface area (Å²) in [5, 5.41) is 13.8. The van der Waals surface area contributed by atoms with Crippen molar-refractivity contribution in [1.29, 1.82) is 0 Å². The zero-order valence-corrected chi connectivity index (χ0v) is 23.9. The van der Waals surface area contributed by atoms with Crippen molar-refractivity contribution in [3.8, 4) is 11.7 Å². The number of hydrogen-bond acceptors (Lipinski definition) is 7. The fraction of sp³-hybridized carbons (Fsp3) is 0.406. The molecule has 4 heterocycles. The van der Waals surface area contributed by atoms with Crippen molar-refractivity contribution in [1.82, 2.24) is 19.7 Å². The summed E-state index contributed by atoms with van der Waals surface area (Å²) in [6.07, 6.45) is 6.34. The molecule has 1 aliphatic carbocycles. The van der Waals surface area contributed by atoms with Crippen molar-refractivity contribution < 1.29 is 24.1 Å². The minimum atomic E-state index is -1.09. The van der Waals surface area contributed by atoms with E-state index in [-0.39, 0.29) is 11.4 Å². The van der Waals surface area contributed by atoms with Crippen molar-refractivity contribution in [2.75, 3.05) is 26.4 Å². The predicted octanol–water partition coefficient (Wildman–Crippen LogP) is 5.10. The minimum Gasteiger partial charge on any atom is -0.488 e. The van der Waals surface area contributed by atoms with Gasteiger partial charge in [-0.2, -0.15) is 9.78 Å². The lowest BCUT2D eigenvalue weighted by Gasteiger charge is -2.40. The molecule has 0 spiro atoms. The van der Waals surface area contributed by atoms with Gasteiger partial charge in [0, 0.05) is 18.7 Å². The standard InChI is InChI=1S/C32H36N4O5/c1-4-40-31-27(32(37)38)15-33-36(31)29-10-6-9-28(34-29)26-8-5-7-20(2)30(26)41-17-23-12-11-22-16-35(24-18-39-19-24)14-13-25(22)21(23)3/h6,8-12,15,24H,4-5,7,13-14,16-19H2,1-3H3,(H,37,38). The average molecular weight is 557 g/mol. The van der Waals surface area contributed by atoms with Gasteiger partial charge in [-0.3, -0.25) is 4.90 Å². The SMILES string of the molecule is CCOc1c(C(=O)O)cnn1-c1cccc(C2=CCCC(C)=C2OCc2ccc3c(c2C)CCN(C2COC2)C3)n1. The van der Waals surface area contributed by atoms with Gasteiger partial charge in [0.2, 0.25) is 5.88 Å². The summed E-state index contributed by atoms with van der Waals surface area (Å²) in [7, 11) is 0. The maximum atomic E-state index is 11.7. The van der Waals surface area contributed by atoms with Crippen LogP contribution in [-0.4, -0.2) is 63.1 Å². The summed E-state index contributed by atoms with van der Waals surface area (Å²) in [4.78, 5) is 19.1. The smallest absolute Gasteiger partial charge is 0.342 e. The molecule has 1 saturated heterocycles. The van der Waals surface area contributed by atoms with Crippen LogP contribution in [0.15, 0.2) is 53.9 Å². The highest BCUT2D eigenvalue weighted by molar-refractivity contribution is 5.90. The highest BCUT2D eigenvalue weighted by atomic mass is 16.5. The van der Waals surface area contributed by atoms with Gasteiger partial charge in [-0.25, -0.2) is 9.78 Å². The van der Waals surface area contributed by atoms with Crippen LogP contribution in [-0.2, 0) is 29.0 Å². The number of benzene rings is 1. The third kappa shape index (κ3) is 5.27. The fourth-order valence-electron chi connectivity index (χ4n) is 5.87. The highest BCUT2D eigenvalue weighted by Gasteiger charge is 2.30. The van der Waals surface area contributed by atoms with Gasteiger partial charge in [0.05, 0.1) is 37.8 Å². The zero-order valence-electron chi connectivity index (χ0n) is 23.9. The molecule has 1 aromatic carbocycles. The van der Waals surface area contributed by atoms with Crippen LogP contribution in [0.2, 0.25) is 0 Å². The molecule has 9 nitrogen and oxygen atoms in total. The number of nitrogens with zero attached hydrogens (tertiary/aromatic N) is 4. The first-order valence-electron chi connectivity index (χ1n) is 14.3. The first-order valence-corrected chi connectivity index (χ1v) is 14.3. The molecule has 3 aliphatic rings. The number of carboxylic acids is 1. The molecule has 0 saturated carbocycles. The molecule has 41 heavy (non-hydrogen) atoms. The van der Waals surface area contributed by atoms with Crippen molar-refractivity contribution >= 4 is 11.5 Å². The Morgan fingerprint density at radius 1 is 1.15 bits per heavy atom. The van der Waals surface area contributed by atoms with Crippen LogP contribution in [0.3, 0.4) is 0 Å². The molecule has 3 aromatic rings. The summed E-state index contributed by atoms with van der Waals surface area (Å²) >= 11 is 0. The third-order valence-electron chi connectivity index (χ3n) is 8.30. The molecule has 1 N–H and O–H groups in total. The van der Waals surface area contributed by atoms with Gasteiger partial charge in [-0.1, -0.05) is 24.3 Å². The van der Waals surface area contributed by atoms with E-state index in [1.165, 1.54) is 38.7 Å². The molecule has 2 aromatic heterocycles. The Bertz CT molecular complexity index is 1530. The van der Waals surface area contributed by atoms with Gasteiger partial charge in [0.25, 0.3) is 0 Å². The first kappa shape index (κ1) is 27.2. The Kier molecular flexibility index (Phi) is 7.64. The van der Waals surface area contributed by atoms with Gasteiger partial charge in [0.15, 0.2) is 5.82 Å². The number of rotatable bonds is 9. The van der Waals surface area contributed by atoms with Gasteiger partial charge >= 0.3 is 5.97 Å². The number of carboxylic acid groups (broad SMARTS) is 1. The van der Waals surface area contributed by atoms with Gasteiger partial charge in [-0.05, 0) is 80.0 Å². The van der Waals surface area contributed by atoms with Crippen LogP contribution in [0, 0.1) is 6.92 Å². The van der Waals surface area contributed by atoms with E-state index in [1.807, 2.05) is 12.1 Å². The van der Waals surface area contributed by atoms with E-state index >= 15 is 0 Å². The first-order chi connectivity index (χ1) is 19.9. The second-order valence-electron chi connectivity index (χ2n) is 10.8. The molecular formula is C32H36N4O5. The summed E-state index contributed by atoms with van der Waals surface area (Å²) in [6, 6.07) is 10.7. The van der Waals surface area contributed by atoms with Gasteiger partial charge in [0.1, 0.15) is 17.9 Å². The number of fused-ring (bicyclic) bond motifs is 1. The second-order valence-corrected chi connectivity index (χ2v) is 10.8. The molecule has 6 rings (SSSR count). The van der Waals surface area contributed by atoms with E-state index in [0.29, 0.717) is 25.1 Å². The quantitative estimate of drug-likeness (QED) is 0.389. The fourth-order valence-corrected chi connectivity index (χ4v) is 5.87. The van der Waals surface area contributed by atoms with Crippen molar-refractivity contribution in [2.45, 2.75) is 59.2 Å². The molecule has 1 fully saturated rings. The van der Waals surface area contributed by atoms with Crippen LogP contribution >= 0.6 is 0 Å². The van der Waals surface area contributed by atoms with E-state index < -0.39 is 5.97 Å². The van der Waals surface area contributed by atoms with E-state index in [0.717, 1.165) is 62.6 Å². The Labute approximate surface area is 240 Å². The van der Waals surface area contributed by atoms with Crippen molar-refractivity contribution in [2.24, 2.45) is 0 Å². The maximum absolute atomic E-state index is 11.7. The van der Waals surface area contributed by atoms with Gasteiger partial charge in [-0.15, -0.1) is 0 Å². The monoisotopic (exact) mass is 556 g/mol. The van der Waals surface area contributed by atoms with Crippen LogP contribution in [0.4, 0.5) is 0 Å². The van der Waals surface area contributed by atoms with Crippen molar-refractivity contribution in [3.63, 3.8) is 0 Å². The molecule has 9 heteroatoms. The minimum absolute atomic E-state index is 0.000814. The van der Waals surface area contributed by atoms with Crippen LogP contribution in [0.25, 0.3) is 11.4 Å². The van der Waals surface area contributed by atoms with Crippen LogP contribution < -0.4 is 4.74 Å². The lowest BCUT2D eigenvalue weighted by atomic mass is 9.91. The number of ether oxygens (including phenoxy) is 3. The molecule has 0 bridgehead atoms. The van der Waals surface area contributed by atoms with E-state index in [1.54, 1.807) is 13.0 Å². The number of hydrogen-bond donors (Lipinski definition) is 1. The zero-order chi connectivity index (χ0) is 28.5. The Hall–Kier alpha value is -3.95. The summed E-state index contributed by atoms with van der Waals surface area (Å²) in [6.45, 7) is 10.7. The topological polar surface area (TPSA) is 98.9 Å². The Morgan fingerprint density at radius 3 is 2.76 bits per heavy atom. The highest BCUT2D eigenvalue weighted by Crippen LogP contribution is 2.35. The second kappa shape index (κ2) is 11.5. The number of aromatic carboxylic acids is 1. The average Bonchev–Trinajstić information content (AvgIpc) is 3.37. The summed E-state index contributed by atoms with van der Waals surface area (Å²) < 4.78 is 19.0. The molecule has 214 valence electrons. The largest absolute Gasteiger partial charge is 0.488 e. The van der Waals surface area contributed by atoms with E-state index in [9.17, 15) is 9.90 Å². The third-order valence-corrected chi connectivity index (χ3v) is 8.30. The summed E-state index contributed by atoms with van der Waals surface area (Å²) in [5.41, 5.74) is 8.26. The molecule has 0 amide bonds. The number of allylic oxidation sites excluding steroid dienone is 3. The Balaban J connectivity index is 1.23. The summed E-state index contributed by atoms with van der Waals surface area (Å²) in [5.74, 6) is 0.404. The Morgan fingerprint density at radius 2 is 2.00 bits per heavy atom. The molecule has 0 unspecified atom stereocenters. The number of aromatic nitrogens is 3. The lowest BCUT2D eigenvalue weighted by Crippen LogP contribution is -2.50. The van der Waals surface area contributed by atoms with Crippen molar-refractivity contribution in [3.05, 3.63) is 87.4 Å². The number of pyridine rings is 1. The van der Waals surface area contributed by atoms with E-state index in [4.69, 9.17) is 19.2 Å². The lowest BCUT2D eigenvalue weighted by molar-refractivity contribution is -0.0695. The molecule has 0 radical (unpaired) electrons. The van der Waals surface area contributed by atoms with E-state index in [2.05, 4.69) is 42.1 Å². The van der Waals surface area contributed by atoms with Crippen LogP contribution in [0.1, 0.15) is 65.0 Å². The normalized spacial score (nSPS) is 17.6. The molecule has 0 atom stereocenters.